The molecule has 0 saturated heterocycles. The first-order valence-corrected chi connectivity index (χ1v) is 5.32. The van der Waals surface area contributed by atoms with Crippen LogP contribution < -0.4 is 0 Å². The number of carbonyl (C=O) groups is 1. The van der Waals surface area contributed by atoms with Crippen LogP contribution in [0.3, 0.4) is 0 Å². The van der Waals surface area contributed by atoms with E-state index in [0.717, 1.165) is 24.3 Å². The summed E-state index contributed by atoms with van der Waals surface area (Å²) in [6.07, 6.45) is -4.12. The lowest BCUT2D eigenvalue weighted by molar-refractivity contribution is -0.137. The fourth-order valence-corrected chi connectivity index (χ4v) is 1.51. The molecule has 0 atom stereocenters. The van der Waals surface area contributed by atoms with Gasteiger partial charge in [-0.15, -0.1) is 0 Å². The van der Waals surface area contributed by atoms with Crippen LogP contribution in [0.25, 0.3) is 0 Å². The van der Waals surface area contributed by atoms with E-state index in [-0.39, 0.29) is 0 Å². The molecule has 2 rings (SSSR count). The average Bonchev–Trinajstić information content (AvgIpc) is 2.40. The van der Waals surface area contributed by atoms with Crippen molar-refractivity contribution in [2.24, 2.45) is 0 Å². The van der Waals surface area contributed by atoms with Crippen molar-refractivity contribution in [2.75, 3.05) is 0 Å². The predicted octanol–water partition coefficient (Wildman–Crippen LogP) is 3.61. The number of carbonyl (C=O) groups excluding carboxylic acids is 1. The number of ketones is 1. The highest BCUT2D eigenvalue weighted by atomic mass is 19.4. The molecular formula is C13H6F5NO. The molecule has 1 aromatic carbocycles. The zero-order valence-electron chi connectivity index (χ0n) is 9.71. The van der Waals surface area contributed by atoms with Gasteiger partial charge in [0, 0.05) is 6.20 Å². The Morgan fingerprint density at radius 3 is 2.30 bits per heavy atom. The second kappa shape index (κ2) is 4.99. The summed E-state index contributed by atoms with van der Waals surface area (Å²) in [6, 6.07) is 4.44. The summed E-state index contributed by atoms with van der Waals surface area (Å²) in [5.74, 6) is -3.57. The van der Waals surface area contributed by atoms with Crippen LogP contribution in [-0.2, 0) is 6.18 Å². The van der Waals surface area contributed by atoms with Crippen molar-refractivity contribution in [3.8, 4) is 0 Å². The topological polar surface area (TPSA) is 30.0 Å². The summed E-state index contributed by atoms with van der Waals surface area (Å²) in [5, 5.41) is 0. The summed E-state index contributed by atoms with van der Waals surface area (Å²) in [6.45, 7) is 0. The van der Waals surface area contributed by atoms with Crippen LogP contribution in [0.2, 0.25) is 0 Å². The molecule has 0 radical (unpaired) electrons. The van der Waals surface area contributed by atoms with E-state index < -0.39 is 40.4 Å². The average molecular weight is 287 g/mol. The summed E-state index contributed by atoms with van der Waals surface area (Å²) in [5.41, 5.74) is -2.02. The molecule has 0 amide bonds. The number of rotatable bonds is 2. The third kappa shape index (κ3) is 2.66. The van der Waals surface area contributed by atoms with Crippen molar-refractivity contribution in [1.82, 2.24) is 4.98 Å². The van der Waals surface area contributed by atoms with E-state index in [4.69, 9.17) is 0 Å². The van der Waals surface area contributed by atoms with Gasteiger partial charge in [0.05, 0.1) is 11.1 Å². The molecule has 1 heterocycles. The van der Waals surface area contributed by atoms with Gasteiger partial charge in [-0.1, -0.05) is 6.07 Å². The summed E-state index contributed by atoms with van der Waals surface area (Å²) < 4.78 is 63.4. The van der Waals surface area contributed by atoms with Crippen molar-refractivity contribution in [2.45, 2.75) is 6.18 Å². The van der Waals surface area contributed by atoms with E-state index in [1.165, 1.54) is 0 Å². The van der Waals surface area contributed by atoms with Gasteiger partial charge < -0.3 is 0 Å². The van der Waals surface area contributed by atoms with E-state index in [1.54, 1.807) is 0 Å². The van der Waals surface area contributed by atoms with Gasteiger partial charge in [-0.05, 0) is 24.3 Å². The molecule has 0 unspecified atom stereocenters. The van der Waals surface area contributed by atoms with Crippen LogP contribution in [0, 0.1) is 11.6 Å². The lowest BCUT2D eigenvalue weighted by atomic mass is 10.1. The number of hydrogen-bond donors (Lipinski definition) is 0. The van der Waals surface area contributed by atoms with Gasteiger partial charge in [-0.25, -0.2) is 8.78 Å². The van der Waals surface area contributed by atoms with Gasteiger partial charge in [-0.3, -0.25) is 9.78 Å². The third-order valence-corrected chi connectivity index (χ3v) is 2.52. The van der Waals surface area contributed by atoms with E-state index >= 15 is 0 Å². The largest absolute Gasteiger partial charge is 0.417 e. The highest BCUT2D eigenvalue weighted by Crippen LogP contribution is 2.28. The number of aromatic nitrogens is 1. The maximum absolute atomic E-state index is 13.4. The number of alkyl halides is 3. The fraction of sp³-hybridized carbons (Fsp3) is 0.0769. The Bertz CT molecular complexity index is 649. The summed E-state index contributed by atoms with van der Waals surface area (Å²) in [7, 11) is 0. The van der Waals surface area contributed by atoms with Crippen molar-refractivity contribution in [1.29, 1.82) is 0 Å². The van der Waals surface area contributed by atoms with Crippen LogP contribution in [0.5, 0.6) is 0 Å². The highest BCUT2D eigenvalue weighted by molar-refractivity contribution is 6.07. The van der Waals surface area contributed by atoms with Gasteiger partial charge in [0.15, 0.2) is 11.6 Å². The maximum atomic E-state index is 13.4. The molecule has 7 heteroatoms. The Labute approximate surface area is 109 Å². The number of nitrogens with zero attached hydrogens (tertiary/aromatic N) is 1. The normalized spacial score (nSPS) is 11.4. The van der Waals surface area contributed by atoms with Gasteiger partial charge in [0.1, 0.15) is 5.69 Å². The summed E-state index contributed by atoms with van der Waals surface area (Å²) in [4.78, 5) is 15.2. The molecule has 20 heavy (non-hydrogen) atoms. The third-order valence-electron chi connectivity index (χ3n) is 2.52. The summed E-state index contributed by atoms with van der Waals surface area (Å²) >= 11 is 0. The molecule has 104 valence electrons. The van der Waals surface area contributed by atoms with Crippen molar-refractivity contribution in [3.05, 3.63) is 65.0 Å². The zero-order valence-corrected chi connectivity index (χ0v) is 9.71. The van der Waals surface area contributed by atoms with Gasteiger partial charge >= 0.3 is 6.18 Å². The first-order valence-electron chi connectivity index (χ1n) is 5.32. The molecule has 0 spiro atoms. The molecule has 0 aliphatic heterocycles. The predicted molar refractivity (Wildman–Crippen MR) is 59.0 cm³/mol. The van der Waals surface area contributed by atoms with E-state index in [0.29, 0.717) is 12.3 Å². The van der Waals surface area contributed by atoms with Crippen molar-refractivity contribution < 1.29 is 26.7 Å². The first-order chi connectivity index (χ1) is 9.30. The zero-order chi connectivity index (χ0) is 14.9. The first kappa shape index (κ1) is 14.1. The molecule has 2 nitrogen and oxygen atoms in total. The molecular weight excluding hydrogens is 281 g/mol. The minimum absolute atomic E-state index is 0.400. The monoisotopic (exact) mass is 287 g/mol. The molecule has 0 fully saturated rings. The standard InChI is InChI=1S/C13H6F5NO/c14-9-3-1-2-8(11(9)15)12(20)10-5-4-7(6-19-10)13(16,17)18/h1-6H. The van der Waals surface area contributed by atoms with E-state index in [2.05, 4.69) is 4.98 Å². The maximum Gasteiger partial charge on any atom is 0.417 e. The molecule has 0 aliphatic carbocycles. The molecule has 2 aromatic rings. The van der Waals surface area contributed by atoms with Crippen LogP contribution in [0.15, 0.2) is 36.5 Å². The Balaban J connectivity index is 2.37. The smallest absolute Gasteiger partial charge is 0.287 e. The van der Waals surface area contributed by atoms with Gasteiger partial charge in [0.25, 0.3) is 0 Å². The Morgan fingerprint density at radius 1 is 1.05 bits per heavy atom. The quantitative estimate of drug-likeness (QED) is 0.624. The van der Waals surface area contributed by atoms with E-state index in [9.17, 15) is 26.7 Å². The molecule has 0 saturated carbocycles. The number of benzene rings is 1. The lowest BCUT2D eigenvalue weighted by Crippen LogP contribution is -2.10. The van der Waals surface area contributed by atoms with E-state index in [1.807, 2.05) is 0 Å². The SMILES string of the molecule is O=C(c1ccc(C(F)(F)F)cn1)c1cccc(F)c1F. The van der Waals surface area contributed by atoms with Crippen molar-refractivity contribution in [3.63, 3.8) is 0 Å². The van der Waals surface area contributed by atoms with Gasteiger partial charge in [0.2, 0.25) is 5.78 Å². The molecule has 0 bridgehead atoms. The molecule has 0 N–H and O–H groups in total. The number of pyridine rings is 1. The second-order valence-electron chi connectivity index (χ2n) is 3.86. The Morgan fingerprint density at radius 2 is 1.75 bits per heavy atom. The second-order valence-corrected chi connectivity index (χ2v) is 3.86. The van der Waals surface area contributed by atoms with Crippen LogP contribution in [0.4, 0.5) is 22.0 Å². The van der Waals surface area contributed by atoms with Crippen molar-refractivity contribution >= 4 is 5.78 Å². The number of hydrogen-bond acceptors (Lipinski definition) is 2. The number of halogens is 5. The lowest BCUT2D eigenvalue weighted by Gasteiger charge is -2.07. The minimum Gasteiger partial charge on any atom is -0.287 e. The fourth-order valence-electron chi connectivity index (χ4n) is 1.51. The Kier molecular flexibility index (Phi) is 3.52. The highest BCUT2D eigenvalue weighted by Gasteiger charge is 2.31. The molecule has 0 aliphatic rings. The van der Waals surface area contributed by atoms with Crippen LogP contribution in [-0.4, -0.2) is 10.8 Å². The Hall–Kier alpha value is -2.31. The van der Waals surface area contributed by atoms with Crippen LogP contribution >= 0.6 is 0 Å². The molecule has 1 aromatic heterocycles. The minimum atomic E-state index is -4.58. The van der Waals surface area contributed by atoms with Crippen LogP contribution in [0.1, 0.15) is 21.6 Å². The van der Waals surface area contributed by atoms with Gasteiger partial charge in [-0.2, -0.15) is 13.2 Å².